The second-order valence-electron chi connectivity index (χ2n) is 4.86. The van der Waals surface area contributed by atoms with E-state index >= 15 is 0 Å². The average molecular weight is 333 g/mol. The van der Waals surface area contributed by atoms with Crippen LogP contribution in [0.2, 0.25) is 0 Å². The van der Waals surface area contributed by atoms with Gasteiger partial charge in [0.05, 0.1) is 7.11 Å². The molecule has 0 spiro atoms. The lowest BCUT2D eigenvalue weighted by Crippen LogP contribution is -2.26. The van der Waals surface area contributed by atoms with Crippen molar-refractivity contribution >= 4 is 12.2 Å². The first-order chi connectivity index (χ1) is 11.4. The fraction of sp³-hybridized carbons (Fsp3) is 0.200. The summed E-state index contributed by atoms with van der Waals surface area (Å²) in [6, 6.07) is 5.19. The molecule has 1 atom stereocenters. The number of hydrogen-bond acceptors (Lipinski definition) is 7. The van der Waals surface area contributed by atoms with Crippen LogP contribution in [-0.4, -0.2) is 45.5 Å². The van der Waals surface area contributed by atoms with Crippen LogP contribution >= 0.6 is 0 Å². The number of nitrogens with one attached hydrogen (secondary N) is 2. The maximum Gasteiger partial charge on any atom is 0.330 e. The van der Waals surface area contributed by atoms with Crippen molar-refractivity contribution in [2.45, 2.75) is 12.5 Å². The van der Waals surface area contributed by atoms with E-state index in [0.717, 1.165) is 6.21 Å². The molecule has 0 aliphatic rings. The van der Waals surface area contributed by atoms with E-state index in [2.05, 4.69) is 9.73 Å². The minimum atomic E-state index is -0.967. The van der Waals surface area contributed by atoms with Crippen molar-refractivity contribution in [3.05, 3.63) is 56.2 Å². The molecule has 1 aromatic carbocycles. The first-order valence-electron chi connectivity index (χ1n) is 6.85. The number of aromatic hydroxyl groups is 2. The van der Waals surface area contributed by atoms with Gasteiger partial charge in [-0.05, 0) is 17.7 Å². The number of ether oxygens (including phenoxy) is 1. The molecular weight excluding hydrogens is 318 g/mol. The number of phenolic OH excluding ortho intramolecular Hbond substituents is 1. The molecule has 0 saturated heterocycles. The van der Waals surface area contributed by atoms with Crippen LogP contribution in [0.25, 0.3) is 0 Å². The first kappa shape index (κ1) is 17.0. The van der Waals surface area contributed by atoms with Crippen molar-refractivity contribution in [1.29, 1.82) is 0 Å². The largest absolute Gasteiger partial charge is 0.508 e. The Bertz CT molecular complexity index is 866. The summed E-state index contributed by atoms with van der Waals surface area (Å²) in [4.78, 5) is 42.4. The summed E-state index contributed by atoms with van der Waals surface area (Å²) in [5.74, 6) is -1.21. The van der Waals surface area contributed by atoms with Gasteiger partial charge in [0.25, 0.3) is 5.56 Å². The van der Waals surface area contributed by atoms with Gasteiger partial charge in [0.1, 0.15) is 11.3 Å². The summed E-state index contributed by atoms with van der Waals surface area (Å²) in [6.45, 7) is 0. The van der Waals surface area contributed by atoms with Crippen molar-refractivity contribution in [3.63, 3.8) is 0 Å². The van der Waals surface area contributed by atoms with Crippen molar-refractivity contribution in [3.8, 4) is 11.6 Å². The van der Waals surface area contributed by atoms with Crippen LogP contribution in [0.1, 0.15) is 11.1 Å². The van der Waals surface area contributed by atoms with Crippen molar-refractivity contribution < 1.29 is 19.7 Å². The molecule has 0 bridgehead atoms. The van der Waals surface area contributed by atoms with Gasteiger partial charge in [0, 0.05) is 12.6 Å². The van der Waals surface area contributed by atoms with Gasteiger partial charge in [0.15, 0.2) is 6.04 Å². The number of aromatic nitrogens is 2. The zero-order valence-electron chi connectivity index (χ0n) is 12.6. The second kappa shape index (κ2) is 7.27. The molecule has 4 N–H and O–H groups in total. The Morgan fingerprint density at radius 1 is 1.25 bits per heavy atom. The van der Waals surface area contributed by atoms with Gasteiger partial charge in [-0.15, -0.1) is 0 Å². The van der Waals surface area contributed by atoms with E-state index in [9.17, 15) is 24.6 Å². The number of rotatable bonds is 5. The number of carbonyl (C=O) groups is 1. The summed E-state index contributed by atoms with van der Waals surface area (Å²) in [5, 5.41) is 18.9. The number of aromatic amines is 2. The number of esters is 1. The first-order valence-corrected chi connectivity index (χ1v) is 6.85. The third-order valence-corrected chi connectivity index (χ3v) is 3.18. The number of hydrogen-bond donors (Lipinski definition) is 4. The van der Waals surface area contributed by atoms with Gasteiger partial charge in [-0.3, -0.25) is 19.8 Å². The number of nitrogens with zero attached hydrogens (tertiary/aromatic N) is 1. The van der Waals surface area contributed by atoms with E-state index < -0.39 is 29.1 Å². The van der Waals surface area contributed by atoms with Gasteiger partial charge in [-0.2, -0.15) is 0 Å². The van der Waals surface area contributed by atoms with Crippen LogP contribution in [0.5, 0.6) is 11.6 Å². The quantitative estimate of drug-likeness (QED) is 0.436. The molecule has 1 aromatic heterocycles. The highest BCUT2D eigenvalue weighted by Gasteiger charge is 2.19. The van der Waals surface area contributed by atoms with E-state index in [1.807, 2.05) is 9.97 Å². The zero-order chi connectivity index (χ0) is 17.7. The Hall–Kier alpha value is -3.36. The highest BCUT2D eigenvalue weighted by atomic mass is 16.5. The minimum Gasteiger partial charge on any atom is -0.508 e. The Morgan fingerprint density at radius 3 is 2.50 bits per heavy atom. The van der Waals surface area contributed by atoms with Crippen molar-refractivity contribution in [2.75, 3.05) is 7.11 Å². The molecule has 9 heteroatoms. The maximum atomic E-state index is 11.8. The van der Waals surface area contributed by atoms with E-state index in [4.69, 9.17) is 0 Å². The lowest BCUT2D eigenvalue weighted by Gasteiger charge is -2.10. The predicted octanol–water partition coefficient (Wildman–Crippen LogP) is -0.322. The Balaban J connectivity index is 2.29. The molecule has 9 nitrogen and oxygen atoms in total. The van der Waals surface area contributed by atoms with Gasteiger partial charge < -0.3 is 14.9 Å². The standard InChI is InChI=1S/C15H15N3O6/c1-24-14(22)11(6-8-2-4-9(19)5-3-8)16-7-10-12(20)17-15(23)18-13(10)21/h2-5,7,11,19H,6H2,1H3,(H3,17,18,20,21,23). The smallest absolute Gasteiger partial charge is 0.330 e. The van der Waals surface area contributed by atoms with Crippen molar-refractivity contribution in [2.24, 2.45) is 4.99 Å². The molecule has 0 amide bonds. The van der Waals surface area contributed by atoms with Gasteiger partial charge >= 0.3 is 11.7 Å². The summed E-state index contributed by atoms with van der Waals surface area (Å²) in [5.41, 5.74) is -1.27. The van der Waals surface area contributed by atoms with E-state index in [1.54, 1.807) is 12.1 Å². The summed E-state index contributed by atoms with van der Waals surface area (Å²) >= 11 is 0. The second-order valence-corrected chi connectivity index (χ2v) is 4.86. The van der Waals surface area contributed by atoms with Crippen LogP contribution in [0.3, 0.4) is 0 Å². The third-order valence-electron chi connectivity index (χ3n) is 3.18. The topological polar surface area (TPSA) is 145 Å². The molecule has 1 unspecified atom stereocenters. The van der Waals surface area contributed by atoms with Crippen molar-refractivity contribution in [1.82, 2.24) is 9.97 Å². The number of benzene rings is 1. The minimum absolute atomic E-state index is 0.0848. The molecular formula is C15H15N3O6. The zero-order valence-corrected chi connectivity index (χ0v) is 12.6. The molecule has 2 rings (SSSR count). The molecule has 0 saturated carbocycles. The van der Waals surface area contributed by atoms with Gasteiger partial charge in [-0.25, -0.2) is 9.59 Å². The number of aliphatic imine (C=N–C) groups is 1. The predicted molar refractivity (Wildman–Crippen MR) is 84.6 cm³/mol. The summed E-state index contributed by atoms with van der Waals surface area (Å²) in [7, 11) is 1.20. The molecule has 0 radical (unpaired) electrons. The molecule has 2 aromatic rings. The molecule has 0 fully saturated rings. The Morgan fingerprint density at radius 2 is 1.92 bits per heavy atom. The number of H-pyrrole nitrogens is 2. The fourth-order valence-electron chi connectivity index (χ4n) is 1.96. The normalized spacial score (nSPS) is 12.2. The Labute approximate surface area is 135 Å². The number of carbonyl (C=O) groups excluding carboxylic acids is 1. The van der Waals surface area contributed by atoms with E-state index in [1.165, 1.54) is 19.2 Å². The van der Waals surface area contributed by atoms with Crippen LogP contribution in [-0.2, 0) is 16.0 Å². The molecule has 0 aliphatic carbocycles. The number of phenols is 1. The molecule has 1 heterocycles. The molecule has 126 valence electrons. The summed E-state index contributed by atoms with van der Waals surface area (Å²) in [6.07, 6.45) is 1.15. The lowest BCUT2D eigenvalue weighted by atomic mass is 10.1. The average Bonchev–Trinajstić information content (AvgIpc) is 2.53. The highest BCUT2D eigenvalue weighted by Crippen LogP contribution is 2.13. The van der Waals surface area contributed by atoms with Gasteiger partial charge in [0.2, 0.25) is 5.88 Å². The lowest BCUT2D eigenvalue weighted by molar-refractivity contribution is -0.142. The summed E-state index contributed by atoms with van der Waals surface area (Å²) < 4.78 is 4.67. The SMILES string of the molecule is COC(=O)C(Cc1ccc(O)cc1)N=Cc1c(O)[nH]c(=O)[nH]c1=O. The Kier molecular flexibility index (Phi) is 5.15. The fourth-order valence-corrected chi connectivity index (χ4v) is 1.96. The van der Waals surface area contributed by atoms with Crippen LogP contribution < -0.4 is 11.2 Å². The third kappa shape index (κ3) is 4.09. The van der Waals surface area contributed by atoms with Crippen LogP contribution in [0.15, 0.2) is 38.8 Å². The molecule has 0 aliphatic heterocycles. The van der Waals surface area contributed by atoms with Crippen LogP contribution in [0, 0.1) is 0 Å². The van der Waals surface area contributed by atoms with E-state index in [-0.39, 0.29) is 17.7 Å². The van der Waals surface area contributed by atoms with Crippen LogP contribution in [0.4, 0.5) is 0 Å². The monoisotopic (exact) mass is 333 g/mol. The maximum absolute atomic E-state index is 11.8. The highest BCUT2D eigenvalue weighted by molar-refractivity contribution is 5.85. The van der Waals surface area contributed by atoms with E-state index in [0.29, 0.717) is 5.56 Å². The van der Waals surface area contributed by atoms with Gasteiger partial charge in [-0.1, -0.05) is 12.1 Å². The molecule has 24 heavy (non-hydrogen) atoms. The number of methoxy groups -OCH3 is 1.